The van der Waals surface area contributed by atoms with Gasteiger partial charge in [0.1, 0.15) is 6.04 Å². The quantitative estimate of drug-likeness (QED) is 0.484. The first-order valence-electron chi connectivity index (χ1n) is 14.7. The minimum atomic E-state index is -0.896. The van der Waals surface area contributed by atoms with Crippen LogP contribution < -0.4 is 0 Å². The Hall–Kier alpha value is -2.58. The van der Waals surface area contributed by atoms with Crippen LogP contribution in [0.25, 0.3) is 0 Å². The van der Waals surface area contributed by atoms with E-state index in [4.69, 9.17) is 0 Å². The van der Waals surface area contributed by atoms with Crippen molar-refractivity contribution in [1.82, 2.24) is 14.7 Å². The van der Waals surface area contributed by atoms with Gasteiger partial charge in [-0.3, -0.25) is 14.4 Å². The smallest absolute Gasteiger partial charge is 0.247 e. The van der Waals surface area contributed by atoms with E-state index in [0.29, 0.717) is 19.6 Å². The summed E-state index contributed by atoms with van der Waals surface area (Å²) in [7, 11) is 0. The summed E-state index contributed by atoms with van der Waals surface area (Å²) < 4.78 is -1.54. The van der Waals surface area contributed by atoms with Gasteiger partial charge in [-0.1, -0.05) is 81.8 Å². The van der Waals surface area contributed by atoms with Crippen LogP contribution in [0.15, 0.2) is 54.6 Å². The van der Waals surface area contributed by atoms with E-state index >= 15 is 0 Å². The minimum Gasteiger partial charge on any atom is -0.394 e. The summed E-state index contributed by atoms with van der Waals surface area (Å²) in [5, 5.41) is 10.5. The zero-order chi connectivity index (χ0) is 28.8. The highest BCUT2D eigenvalue weighted by atomic mass is 32.2. The topological polar surface area (TPSA) is 81.2 Å². The normalized spacial score (nSPS) is 33.1. The van der Waals surface area contributed by atoms with E-state index in [2.05, 4.69) is 32.9 Å². The van der Waals surface area contributed by atoms with E-state index < -0.39 is 33.4 Å². The highest BCUT2D eigenvalue weighted by molar-refractivity contribution is 8.02. The molecule has 2 saturated heterocycles. The number of thioether (sulfide) groups is 1. The van der Waals surface area contributed by atoms with Gasteiger partial charge in [0.25, 0.3) is 0 Å². The first kappa shape index (κ1) is 28.9. The summed E-state index contributed by atoms with van der Waals surface area (Å²) in [5.41, 5.74) is 1.04. The Balaban J connectivity index is 1.62. The Kier molecular flexibility index (Phi) is 7.96. The van der Waals surface area contributed by atoms with E-state index in [1.807, 2.05) is 66.1 Å². The monoisotopic (exact) mass is 565 g/mol. The number of carbonyl (C=O) groups is 3. The van der Waals surface area contributed by atoms with E-state index in [-0.39, 0.29) is 36.3 Å². The number of amides is 3. The Labute approximate surface area is 242 Å². The van der Waals surface area contributed by atoms with Crippen molar-refractivity contribution in [3.05, 3.63) is 60.2 Å². The molecule has 0 radical (unpaired) electrons. The SMILES string of the molecule is CCCC(C)N1CC=C[C@]23S[C@]4(C)C=CCN(Cc5ccccc5)C(=O)[C@@H]4[C@H]2C(=O)N([C@@H](CO)C(C)C)C3C1=O. The lowest BCUT2D eigenvalue weighted by molar-refractivity contribution is -0.149. The summed E-state index contributed by atoms with van der Waals surface area (Å²) in [4.78, 5) is 49.0. The van der Waals surface area contributed by atoms with Gasteiger partial charge in [-0.25, -0.2) is 0 Å². The maximum absolute atomic E-state index is 14.6. The molecule has 7 atom stereocenters. The van der Waals surface area contributed by atoms with Crippen LogP contribution in [-0.4, -0.2) is 84.8 Å². The van der Waals surface area contributed by atoms with E-state index in [0.717, 1.165) is 18.4 Å². The minimum absolute atomic E-state index is 0.0234. The fourth-order valence-corrected chi connectivity index (χ4v) is 9.57. The summed E-state index contributed by atoms with van der Waals surface area (Å²) in [6, 6.07) is 8.65. The van der Waals surface area contributed by atoms with E-state index in [9.17, 15) is 19.5 Å². The third-order valence-corrected chi connectivity index (χ3v) is 11.2. The molecule has 216 valence electrons. The summed E-state index contributed by atoms with van der Waals surface area (Å²) >= 11 is 1.60. The van der Waals surface area contributed by atoms with Crippen molar-refractivity contribution in [3.8, 4) is 0 Å². The Bertz CT molecular complexity index is 1200. The van der Waals surface area contributed by atoms with E-state index in [1.54, 1.807) is 16.7 Å². The molecule has 2 unspecified atom stereocenters. The zero-order valence-corrected chi connectivity index (χ0v) is 25.1. The molecule has 1 aromatic carbocycles. The number of rotatable bonds is 8. The van der Waals surface area contributed by atoms with Crippen molar-refractivity contribution >= 4 is 29.5 Å². The lowest BCUT2D eigenvalue weighted by Crippen LogP contribution is -2.59. The van der Waals surface area contributed by atoms with Gasteiger partial charge >= 0.3 is 0 Å². The van der Waals surface area contributed by atoms with Gasteiger partial charge in [0, 0.05) is 30.4 Å². The number of carbonyl (C=O) groups excluding carboxylic acids is 3. The molecule has 5 rings (SSSR count). The van der Waals surface area contributed by atoms with E-state index in [1.165, 1.54) is 0 Å². The Morgan fingerprint density at radius 3 is 2.33 bits per heavy atom. The molecular formula is C32H43N3O4S. The summed E-state index contributed by atoms with van der Waals surface area (Å²) in [5.74, 6) is -1.69. The second-order valence-corrected chi connectivity index (χ2v) is 14.2. The van der Waals surface area contributed by atoms with Crippen LogP contribution in [0.5, 0.6) is 0 Å². The number of hydrogen-bond acceptors (Lipinski definition) is 5. The van der Waals surface area contributed by atoms with Crippen molar-refractivity contribution in [1.29, 1.82) is 0 Å². The number of benzene rings is 1. The van der Waals surface area contributed by atoms with Crippen molar-refractivity contribution in [2.24, 2.45) is 17.8 Å². The predicted molar refractivity (Wildman–Crippen MR) is 158 cm³/mol. The molecule has 8 heteroatoms. The second kappa shape index (κ2) is 11.0. The van der Waals surface area contributed by atoms with Gasteiger partial charge in [0.05, 0.1) is 29.2 Å². The maximum Gasteiger partial charge on any atom is 0.247 e. The second-order valence-electron chi connectivity index (χ2n) is 12.4. The van der Waals surface area contributed by atoms with Gasteiger partial charge < -0.3 is 19.8 Å². The molecule has 0 aromatic heterocycles. The number of likely N-dealkylation sites (tertiary alicyclic amines) is 1. The summed E-state index contributed by atoms with van der Waals surface area (Å²) in [6.45, 7) is 11.4. The number of hydrogen-bond donors (Lipinski definition) is 1. The molecule has 3 amide bonds. The van der Waals surface area contributed by atoms with Gasteiger partial charge in [-0.15, -0.1) is 11.8 Å². The number of fused-ring (bicyclic) bond motifs is 2. The van der Waals surface area contributed by atoms with Crippen molar-refractivity contribution in [2.75, 3.05) is 19.7 Å². The number of nitrogens with zero attached hydrogens (tertiary/aromatic N) is 3. The van der Waals surface area contributed by atoms with Gasteiger partial charge in [-0.05, 0) is 31.7 Å². The molecule has 4 heterocycles. The van der Waals surface area contributed by atoms with Crippen molar-refractivity contribution < 1.29 is 19.5 Å². The van der Waals surface area contributed by atoms with Crippen molar-refractivity contribution in [3.63, 3.8) is 0 Å². The third-order valence-electron chi connectivity index (χ3n) is 9.38. The zero-order valence-electron chi connectivity index (χ0n) is 24.3. The fraction of sp³-hybridized carbons (Fsp3) is 0.594. The summed E-state index contributed by atoms with van der Waals surface area (Å²) in [6.07, 6.45) is 10.1. The van der Waals surface area contributed by atoms with Gasteiger partial charge in [0.15, 0.2) is 0 Å². The molecule has 4 aliphatic rings. The molecule has 0 aliphatic carbocycles. The van der Waals surface area contributed by atoms with Crippen LogP contribution in [0.2, 0.25) is 0 Å². The van der Waals surface area contributed by atoms with Gasteiger partial charge in [-0.2, -0.15) is 0 Å². The molecule has 7 nitrogen and oxygen atoms in total. The molecule has 2 fully saturated rings. The molecule has 1 spiro atoms. The molecule has 0 bridgehead atoms. The van der Waals surface area contributed by atoms with Gasteiger partial charge in [0.2, 0.25) is 17.7 Å². The van der Waals surface area contributed by atoms with Crippen LogP contribution in [0, 0.1) is 17.8 Å². The first-order valence-corrected chi connectivity index (χ1v) is 15.5. The highest BCUT2D eigenvalue weighted by Gasteiger charge is 2.74. The predicted octanol–water partition coefficient (Wildman–Crippen LogP) is 3.88. The van der Waals surface area contributed by atoms with Crippen LogP contribution in [0.3, 0.4) is 0 Å². The standard InChI is InChI=1S/C32H43N3O4S/c1-6-12-22(4)34-18-11-16-32-26(29(38)35(27(32)30(34)39)24(20-36)21(2)3)25-28(37)33(17-10-15-31(25,5)40-32)19-23-13-8-7-9-14-23/h7-11,13-16,21-22,24-27,36H,6,12,17-20H2,1-5H3/t22?,24-,25-,26-,27?,31+,32-/m0/s1. The molecule has 1 N–H and O–H groups in total. The number of aliphatic hydroxyl groups excluding tert-OH is 1. The van der Waals surface area contributed by atoms with Crippen LogP contribution in [0.1, 0.15) is 53.0 Å². The van der Waals surface area contributed by atoms with Crippen molar-refractivity contribution in [2.45, 2.75) is 81.6 Å². The largest absolute Gasteiger partial charge is 0.394 e. The number of aliphatic hydroxyl groups is 1. The Morgan fingerprint density at radius 2 is 1.68 bits per heavy atom. The first-order chi connectivity index (χ1) is 19.1. The average Bonchev–Trinajstić information content (AvgIpc) is 3.18. The molecule has 0 saturated carbocycles. The lowest BCUT2D eigenvalue weighted by atomic mass is 9.74. The third kappa shape index (κ3) is 4.51. The van der Waals surface area contributed by atoms with Crippen LogP contribution in [0.4, 0.5) is 0 Å². The highest BCUT2D eigenvalue weighted by Crippen LogP contribution is 2.66. The molecular weight excluding hydrogens is 522 g/mol. The fourth-order valence-electron chi connectivity index (χ4n) is 7.42. The maximum atomic E-state index is 14.6. The van der Waals surface area contributed by atoms with Crippen LogP contribution in [-0.2, 0) is 20.9 Å². The molecule has 1 aromatic rings. The lowest BCUT2D eigenvalue weighted by Gasteiger charge is -2.41. The molecule has 4 aliphatic heterocycles. The Morgan fingerprint density at radius 1 is 0.975 bits per heavy atom. The van der Waals surface area contributed by atoms with Crippen LogP contribution >= 0.6 is 11.8 Å². The molecule has 40 heavy (non-hydrogen) atoms. The average molecular weight is 566 g/mol.